The number of carbonyl (C=O) groups is 1. The summed E-state index contributed by atoms with van der Waals surface area (Å²) in [6.07, 6.45) is 5.49. The summed E-state index contributed by atoms with van der Waals surface area (Å²) in [4.78, 5) is 13.5. The first-order valence-corrected chi connectivity index (χ1v) is 8.39. The predicted molar refractivity (Wildman–Crippen MR) is 99.7 cm³/mol. The van der Waals surface area contributed by atoms with Crippen molar-refractivity contribution in [3.63, 3.8) is 0 Å². The van der Waals surface area contributed by atoms with E-state index in [0.717, 1.165) is 10.0 Å². The molecule has 1 aromatic carbocycles. The number of Topliss-reactive ketones (excluding diaryl/α,β-unsaturated/α-hetero) is 1. The number of nitrogens with one attached hydrogen (secondary N) is 1. The summed E-state index contributed by atoms with van der Waals surface area (Å²) >= 11 is 8.87. The van der Waals surface area contributed by atoms with Gasteiger partial charge in [-0.2, -0.15) is 4.57 Å². The maximum atomic E-state index is 13.0. The number of benzene rings is 1. The number of halogens is 1. The molecule has 0 saturated heterocycles. The van der Waals surface area contributed by atoms with E-state index in [-0.39, 0.29) is 5.78 Å². The highest BCUT2D eigenvalue weighted by molar-refractivity contribution is 9.10. The SMILES string of the molecule is C=CCNC(=S)[C@H](C(=O)c1cccc(Br)c1)[n+]1cccc(C)c1. The molecule has 0 spiro atoms. The third kappa shape index (κ3) is 4.56. The number of nitrogens with zero attached hydrogens (tertiary/aromatic N) is 1. The zero-order chi connectivity index (χ0) is 16.8. The van der Waals surface area contributed by atoms with Crippen LogP contribution in [-0.2, 0) is 0 Å². The topological polar surface area (TPSA) is 33.0 Å². The molecule has 1 aromatic heterocycles. The Hall–Kier alpha value is -1.85. The van der Waals surface area contributed by atoms with Crippen LogP contribution in [0.3, 0.4) is 0 Å². The van der Waals surface area contributed by atoms with Crippen LogP contribution in [-0.4, -0.2) is 17.3 Å². The van der Waals surface area contributed by atoms with E-state index >= 15 is 0 Å². The highest BCUT2D eigenvalue weighted by Gasteiger charge is 2.33. The predicted octanol–water partition coefficient (Wildman–Crippen LogP) is 3.57. The van der Waals surface area contributed by atoms with Gasteiger partial charge in [0.15, 0.2) is 17.4 Å². The first-order valence-electron chi connectivity index (χ1n) is 7.18. The second-order valence-corrected chi connectivity index (χ2v) is 6.49. The lowest BCUT2D eigenvalue weighted by Gasteiger charge is -2.14. The maximum absolute atomic E-state index is 13.0. The summed E-state index contributed by atoms with van der Waals surface area (Å²) < 4.78 is 2.71. The van der Waals surface area contributed by atoms with Crippen molar-refractivity contribution in [2.75, 3.05) is 6.54 Å². The summed E-state index contributed by atoms with van der Waals surface area (Å²) in [6, 6.07) is 10.6. The molecule has 0 saturated carbocycles. The number of ketones is 1. The number of pyridine rings is 1. The molecule has 0 aliphatic rings. The standard InChI is InChI=1S/C18H17BrN2OS/c1-3-9-20-18(23)16(21-10-5-6-13(2)12-21)17(22)14-7-4-8-15(19)11-14/h3-8,10-12,16H,1,9H2,2H3/p+1/t16-/m0/s1. The van der Waals surface area contributed by atoms with E-state index in [1.807, 2.05) is 54.2 Å². The van der Waals surface area contributed by atoms with Gasteiger partial charge in [0.1, 0.15) is 0 Å². The molecule has 0 aliphatic carbocycles. The summed E-state index contributed by atoms with van der Waals surface area (Å²) in [5.41, 5.74) is 1.67. The second kappa shape index (κ2) is 8.13. The van der Waals surface area contributed by atoms with Gasteiger partial charge in [0.05, 0.1) is 0 Å². The van der Waals surface area contributed by atoms with Crippen LogP contribution in [0.1, 0.15) is 22.0 Å². The van der Waals surface area contributed by atoms with Gasteiger partial charge in [-0.3, -0.25) is 4.79 Å². The van der Waals surface area contributed by atoms with Crippen LogP contribution in [0.15, 0.2) is 65.9 Å². The van der Waals surface area contributed by atoms with Crippen molar-refractivity contribution in [3.8, 4) is 0 Å². The van der Waals surface area contributed by atoms with Crippen molar-refractivity contribution >= 4 is 38.9 Å². The molecule has 3 nitrogen and oxygen atoms in total. The Bertz CT molecular complexity index is 745. The molecule has 0 bridgehead atoms. The van der Waals surface area contributed by atoms with E-state index < -0.39 is 6.04 Å². The van der Waals surface area contributed by atoms with Crippen molar-refractivity contribution < 1.29 is 9.36 Å². The van der Waals surface area contributed by atoms with Gasteiger partial charge in [0, 0.05) is 28.2 Å². The number of carbonyl (C=O) groups excluding carboxylic acids is 1. The highest BCUT2D eigenvalue weighted by atomic mass is 79.9. The minimum absolute atomic E-state index is 0.0523. The van der Waals surface area contributed by atoms with Crippen LogP contribution < -0.4 is 9.88 Å². The fourth-order valence-electron chi connectivity index (χ4n) is 2.23. The van der Waals surface area contributed by atoms with E-state index in [2.05, 4.69) is 27.8 Å². The van der Waals surface area contributed by atoms with Gasteiger partial charge in [-0.25, -0.2) is 0 Å². The van der Waals surface area contributed by atoms with Gasteiger partial charge in [-0.05, 0) is 25.1 Å². The largest absolute Gasteiger partial charge is 0.370 e. The van der Waals surface area contributed by atoms with Crippen molar-refractivity contribution in [1.82, 2.24) is 5.32 Å². The Morgan fingerprint density at radius 3 is 2.87 bits per heavy atom. The molecule has 0 fully saturated rings. The average Bonchev–Trinajstić information content (AvgIpc) is 2.53. The minimum atomic E-state index is -0.584. The van der Waals surface area contributed by atoms with Crippen LogP contribution in [0.2, 0.25) is 0 Å². The maximum Gasteiger partial charge on any atom is 0.270 e. The van der Waals surface area contributed by atoms with Crippen LogP contribution in [0.25, 0.3) is 0 Å². The van der Waals surface area contributed by atoms with Crippen molar-refractivity contribution in [1.29, 1.82) is 0 Å². The molecule has 0 amide bonds. The monoisotopic (exact) mass is 389 g/mol. The molecule has 118 valence electrons. The fraction of sp³-hybridized carbons (Fsp3) is 0.167. The summed E-state index contributed by atoms with van der Waals surface area (Å²) in [5, 5.41) is 3.08. The number of aromatic nitrogens is 1. The Morgan fingerprint density at radius 1 is 1.43 bits per heavy atom. The average molecular weight is 390 g/mol. The Morgan fingerprint density at radius 2 is 2.22 bits per heavy atom. The molecular weight excluding hydrogens is 372 g/mol. The molecular formula is C18H18BrN2OS+. The lowest BCUT2D eigenvalue weighted by Crippen LogP contribution is -2.51. The summed E-state index contributed by atoms with van der Waals surface area (Å²) in [5.74, 6) is -0.0523. The molecule has 0 radical (unpaired) electrons. The first-order chi connectivity index (χ1) is 11.0. The molecule has 1 heterocycles. The van der Waals surface area contributed by atoms with Crippen LogP contribution in [0.5, 0.6) is 0 Å². The van der Waals surface area contributed by atoms with Crippen LogP contribution in [0, 0.1) is 6.92 Å². The number of hydrogen-bond acceptors (Lipinski definition) is 2. The molecule has 1 N–H and O–H groups in total. The van der Waals surface area contributed by atoms with Gasteiger partial charge in [0.2, 0.25) is 5.78 Å². The fourth-order valence-corrected chi connectivity index (χ4v) is 2.95. The lowest BCUT2D eigenvalue weighted by atomic mass is 10.0. The Kier molecular flexibility index (Phi) is 6.19. The van der Waals surface area contributed by atoms with Crippen molar-refractivity contribution in [3.05, 3.63) is 77.0 Å². The number of thiocarbonyl (C=S) groups is 1. The molecule has 1 atom stereocenters. The lowest BCUT2D eigenvalue weighted by molar-refractivity contribution is -0.692. The molecule has 2 aromatic rings. The summed E-state index contributed by atoms with van der Waals surface area (Å²) in [6.45, 7) is 6.18. The van der Waals surface area contributed by atoms with E-state index in [1.165, 1.54) is 0 Å². The van der Waals surface area contributed by atoms with Gasteiger partial charge in [-0.15, -0.1) is 6.58 Å². The summed E-state index contributed by atoms with van der Waals surface area (Å²) in [7, 11) is 0. The minimum Gasteiger partial charge on any atom is -0.370 e. The number of aryl methyl sites for hydroxylation is 1. The quantitative estimate of drug-likeness (QED) is 0.354. The Labute approximate surface area is 150 Å². The number of hydrogen-bond donors (Lipinski definition) is 1. The van der Waals surface area contributed by atoms with E-state index in [1.54, 1.807) is 12.1 Å². The number of rotatable bonds is 6. The van der Waals surface area contributed by atoms with Crippen molar-refractivity contribution in [2.45, 2.75) is 13.0 Å². The molecule has 2 rings (SSSR count). The molecule has 23 heavy (non-hydrogen) atoms. The second-order valence-electron chi connectivity index (χ2n) is 5.14. The third-order valence-corrected chi connectivity index (χ3v) is 4.16. The van der Waals surface area contributed by atoms with Gasteiger partial charge >= 0.3 is 0 Å². The Balaban J connectivity index is 2.42. The van der Waals surface area contributed by atoms with Crippen LogP contribution in [0.4, 0.5) is 0 Å². The third-order valence-electron chi connectivity index (χ3n) is 3.29. The molecule has 0 unspecified atom stereocenters. The van der Waals surface area contributed by atoms with Gasteiger partial charge in [-0.1, -0.05) is 46.4 Å². The molecule has 5 heteroatoms. The van der Waals surface area contributed by atoms with Gasteiger partial charge < -0.3 is 5.32 Å². The smallest absolute Gasteiger partial charge is 0.270 e. The van der Waals surface area contributed by atoms with Crippen LogP contribution >= 0.6 is 28.1 Å². The first kappa shape index (κ1) is 17.5. The van der Waals surface area contributed by atoms with E-state index in [0.29, 0.717) is 17.1 Å². The normalized spacial score (nSPS) is 11.6. The molecule has 0 aliphatic heterocycles. The van der Waals surface area contributed by atoms with Gasteiger partial charge in [0.25, 0.3) is 6.04 Å². The highest BCUT2D eigenvalue weighted by Crippen LogP contribution is 2.16. The zero-order valence-electron chi connectivity index (χ0n) is 12.8. The van der Waals surface area contributed by atoms with E-state index in [4.69, 9.17) is 12.2 Å². The zero-order valence-corrected chi connectivity index (χ0v) is 15.2. The van der Waals surface area contributed by atoms with E-state index in [9.17, 15) is 4.79 Å². The van der Waals surface area contributed by atoms with Crippen molar-refractivity contribution in [2.24, 2.45) is 0 Å².